The molecule has 0 fully saturated rings. The van der Waals surface area contributed by atoms with Crippen molar-refractivity contribution in [2.75, 3.05) is 12.4 Å². The summed E-state index contributed by atoms with van der Waals surface area (Å²) in [6.45, 7) is 1.87. The van der Waals surface area contributed by atoms with E-state index in [9.17, 15) is 22.4 Å². The Morgan fingerprint density at radius 1 is 1.06 bits per heavy atom. The highest BCUT2D eigenvalue weighted by Crippen LogP contribution is 2.24. The fourth-order valence-corrected chi connectivity index (χ4v) is 3.73. The number of anilines is 1. The Labute approximate surface area is 198 Å². The summed E-state index contributed by atoms with van der Waals surface area (Å²) < 4.78 is 58.4. The molecule has 2 aromatic carbocycles. The Morgan fingerprint density at radius 3 is 2.40 bits per heavy atom. The van der Waals surface area contributed by atoms with Crippen molar-refractivity contribution in [3.05, 3.63) is 94.8 Å². The zero-order chi connectivity index (χ0) is 25.3. The molecule has 2 aromatic heterocycles. The van der Waals surface area contributed by atoms with Gasteiger partial charge in [-0.1, -0.05) is 0 Å². The number of aryl methyl sites for hydroxylation is 2. The minimum atomic E-state index is -1.37. The van der Waals surface area contributed by atoms with Crippen molar-refractivity contribution in [3.8, 4) is 5.69 Å². The number of hydrogen-bond donors (Lipinski definition) is 1. The number of aromatic nitrogens is 4. The maximum Gasteiger partial charge on any atom is 0.272 e. The van der Waals surface area contributed by atoms with Crippen LogP contribution in [0.5, 0.6) is 0 Å². The van der Waals surface area contributed by atoms with Crippen molar-refractivity contribution in [3.63, 3.8) is 0 Å². The second-order valence-electron chi connectivity index (χ2n) is 8.02. The number of carbonyl (C=O) groups is 1. The van der Waals surface area contributed by atoms with Gasteiger partial charge in [0.25, 0.3) is 5.91 Å². The number of carbonyl (C=O) groups excluding carboxylic acids is 1. The summed E-state index contributed by atoms with van der Waals surface area (Å²) in [7, 11) is 3.40. The van der Waals surface area contributed by atoms with Gasteiger partial charge >= 0.3 is 0 Å². The van der Waals surface area contributed by atoms with Crippen LogP contribution in [0.2, 0.25) is 0 Å². The van der Waals surface area contributed by atoms with Gasteiger partial charge in [-0.15, -0.1) is 0 Å². The number of rotatable bonds is 7. The molecule has 4 rings (SSSR count). The van der Waals surface area contributed by atoms with E-state index in [0.29, 0.717) is 11.8 Å². The summed E-state index contributed by atoms with van der Waals surface area (Å²) in [5.41, 5.74) is 1.54. The van der Waals surface area contributed by atoms with Gasteiger partial charge in [-0.3, -0.25) is 14.0 Å². The zero-order valence-corrected chi connectivity index (χ0v) is 19.2. The molecule has 35 heavy (non-hydrogen) atoms. The van der Waals surface area contributed by atoms with Crippen LogP contribution in [0.15, 0.2) is 48.8 Å². The highest BCUT2D eigenvalue weighted by atomic mass is 19.2. The summed E-state index contributed by atoms with van der Waals surface area (Å²) in [5, 5.41) is 6.78. The average molecular weight is 486 g/mol. The fraction of sp³-hybridized carbons (Fsp3) is 0.208. The van der Waals surface area contributed by atoms with Crippen LogP contribution < -0.4 is 5.32 Å². The third-order valence-corrected chi connectivity index (χ3v) is 5.48. The third-order valence-electron chi connectivity index (χ3n) is 5.48. The summed E-state index contributed by atoms with van der Waals surface area (Å²) in [4.78, 5) is 19.1. The molecule has 1 amide bonds. The summed E-state index contributed by atoms with van der Waals surface area (Å²) in [6.07, 6.45) is 3.14. The van der Waals surface area contributed by atoms with E-state index in [2.05, 4.69) is 15.4 Å². The Bertz CT molecular complexity index is 1380. The van der Waals surface area contributed by atoms with Gasteiger partial charge in [-0.25, -0.2) is 22.5 Å². The lowest BCUT2D eigenvalue weighted by Gasteiger charge is -2.19. The summed E-state index contributed by atoms with van der Waals surface area (Å²) in [6, 6.07) is 6.83. The van der Waals surface area contributed by atoms with E-state index in [0.717, 1.165) is 17.3 Å². The van der Waals surface area contributed by atoms with Crippen LogP contribution in [0.4, 0.5) is 23.2 Å². The lowest BCUT2D eigenvalue weighted by atomic mass is 10.2. The topological polar surface area (TPSA) is 68.0 Å². The molecule has 0 spiro atoms. The Hall–Kier alpha value is -4.15. The van der Waals surface area contributed by atoms with Gasteiger partial charge in [0.2, 0.25) is 0 Å². The maximum absolute atomic E-state index is 14.1. The molecule has 0 saturated carbocycles. The van der Waals surface area contributed by atoms with Crippen LogP contribution >= 0.6 is 0 Å². The monoisotopic (exact) mass is 486 g/mol. The number of hydrogen-bond acceptors (Lipinski definition) is 4. The Kier molecular flexibility index (Phi) is 6.59. The van der Waals surface area contributed by atoms with E-state index >= 15 is 0 Å². The molecule has 0 atom stereocenters. The number of imidazole rings is 1. The molecular weight excluding hydrogens is 464 g/mol. The fourth-order valence-electron chi connectivity index (χ4n) is 3.73. The molecule has 0 radical (unpaired) electrons. The van der Waals surface area contributed by atoms with E-state index in [1.165, 1.54) is 39.9 Å². The van der Waals surface area contributed by atoms with E-state index < -0.39 is 29.0 Å². The van der Waals surface area contributed by atoms with Crippen molar-refractivity contribution < 1.29 is 22.4 Å². The second kappa shape index (κ2) is 9.61. The first-order valence-corrected chi connectivity index (χ1v) is 10.6. The quantitative estimate of drug-likeness (QED) is 0.312. The van der Waals surface area contributed by atoms with Crippen molar-refractivity contribution >= 4 is 11.6 Å². The molecule has 11 heteroatoms. The predicted octanol–water partition coefficient (Wildman–Crippen LogP) is 4.35. The highest BCUT2D eigenvalue weighted by molar-refractivity contribution is 5.93. The van der Waals surface area contributed by atoms with Crippen LogP contribution in [0.3, 0.4) is 0 Å². The first-order valence-electron chi connectivity index (χ1n) is 10.6. The lowest BCUT2D eigenvalue weighted by molar-refractivity contribution is 0.0776. The van der Waals surface area contributed by atoms with Crippen LogP contribution in [0.1, 0.15) is 27.6 Å². The number of nitrogens with one attached hydrogen (secondary N) is 1. The van der Waals surface area contributed by atoms with Crippen LogP contribution in [0.25, 0.3) is 5.69 Å². The summed E-state index contributed by atoms with van der Waals surface area (Å²) in [5.74, 6) is -4.22. The van der Waals surface area contributed by atoms with E-state index in [1.54, 1.807) is 18.8 Å². The molecule has 0 aliphatic carbocycles. The first-order chi connectivity index (χ1) is 16.7. The lowest BCUT2D eigenvalue weighted by Crippen LogP contribution is -2.28. The van der Waals surface area contributed by atoms with Gasteiger partial charge in [0.1, 0.15) is 28.8 Å². The number of amides is 1. The molecule has 0 saturated heterocycles. The Morgan fingerprint density at radius 2 is 1.74 bits per heavy atom. The van der Waals surface area contributed by atoms with Crippen molar-refractivity contribution in [2.45, 2.75) is 20.0 Å². The van der Waals surface area contributed by atoms with Gasteiger partial charge in [-0.05, 0) is 43.3 Å². The van der Waals surface area contributed by atoms with Gasteiger partial charge in [0, 0.05) is 38.1 Å². The zero-order valence-electron chi connectivity index (χ0n) is 19.2. The Balaban J connectivity index is 1.67. The molecule has 7 nitrogen and oxygen atoms in total. The van der Waals surface area contributed by atoms with Crippen molar-refractivity contribution in [1.82, 2.24) is 24.2 Å². The summed E-state index contributed by atoms with van der Waals surface area (Å²) >= 11 is 0. The molecule has 1 N–H and O–H groups in total. The molecule has 0 aliphatic heterocycles. The molecule has 182 valence electrons. The molecule has 0 unspecified atom stereocenters. The SMILES string of the molecule is Cc1nn(C)cc1CN(C)C(=O)c1cnc(CNc2c(F)ccc(F)c2F)n1-c1ccc(F)cc1. The number of halogens is 4. The van der Waals surface area contributed by atoms with Crippen molar-refractivity contribution in [1.29, 1.82) is 0 Å². The van der Waals surface area contributed by atoms with Gasteiger partial charge < -0.3 is 10.2 Å². The number of nitrogens with zero attached hydrogens (tertiary/aromatic N) is 5. The minimum absolute atomic E-state index is 0.151. The van der Waals surface area contributed by atoms with Gasteiger partial charge in [0.15, 0.2) is 11.6 Å². The standard InChI is InChI=1S/C24H22F4N6O/c1-14-15(13-33(3)31-14)12-32(2)24(35)20-10-29-21(34(20)17-6-4-16(25)5-7-17)11-30-23-19(27)9-8-18(26)22(23)28/h4-10,13,30H,11-12H2,1-3H3. The molecule has 0 aliphatic rings. The maximum atomic E-state index is 14.1. The predicted molar refractivity (Wildman–Crippen MR) is 121 cm³/mol. The normalized spacial score (nSPS) is 11.1. The van der Waals surface area contributed by atoms with Crippen LogP contribution in [-0.4, -0.2) is 37.2 Å². The average Bonchev–Trinajstić information content (AvgIpc) is 3.38. The van der Waals surface area contributed by atoms with Gasteiger partial charge in [-0.2, -0.15) is 5.10 Å². The third kappa shape index (κ3) is 4.88. The second-order valence-corrected chi connectivity index (χ2v) is 8.02. The highest BCUT2D eigenvalue weighted by Gasteiger charge is 2.23. The van der Waals surface area contributed by atoms with E-state index in [4.69, 9.17) is 0 Å². The molecular formula is C24H22F4N6O. The van der Waals surface area contributed by atoms with Crippen LogP contribution in [-0.2, 0) is 20.1 Å². The van der Waals surface area contributed by atoms with Crippen LogP contribution in [0, 0.1) is 30.2 Å². The number of benzene rings is 2. The molecule has 4 aromatic rings. The van der Waals surface area contributed by atoms with E-state index in [1.807, 2.05) is 13.1 Å². The molecule has 2 heterocycles. The van der Waals surface area contributed by atoms with E-state index in [-0.39, 0.29) is 30.5 Å². The largest absolute Gasteiger partial charge is 0.373 e. The van der Waals surface area contributed by atoms with Crippen molar-refractivity contribution in [2.24, 2.45) is 7.05 Å². The molecule has 0 bridgehead atoms. The smallest absolute Gasteiger partial charge is 0.272 e. The van der Waals surface area contributed by atoms with Gasteiger partial charge in [0.05, 0.1) is 18.4 Å². The minimum Gasteiger partial charge on any atom is -0.373 e. The first kappa shape index (κ1) is 24.0.